The van der Waals surface area contributed by atoms with Gasteiger partial charge in [-0.1, -0.05) is 0 Å². The van der Waals surface area contributed by atoms with Crippen LogP contribution in [0.25, 0.3) is 11.1 Å². The van der Waals surface area contributed by atoms with Crippen LogP contribution in [0.3, 0.4) is 0 Å². The SMILES string of the molecule is Cc1cc(=O)n(CC(=O)N2CCC(Oc3ncc(-c4cnn(C)c4)cn3)CC2)cn1. The van der Waals surface area contributed by atoms with Crippen LogP contribution in [0.1, 0.15) is 18.5 Å². The van der Waals surface area contributed by atoms with Crippen LogP contribution in [0.5, 0.6) is 6.01 Å². The van der Waals surface area contributed by atoms with Crippen LogP contribution in [0, 0.1) is 6.92 Å². The van der Waals surface area contributed by atoms with E-state index in [1.807, 2.05) is 13.2 Å². The molecule has 1 aliphatic heterocycles. The molecule has 0 saturated carbocycles. The summed E-state index contributed by atoms with van der Waals surface area (Å²) in [5, 5.41) is 4.14. The maximum absolute atomic E-state index is 12.5. The lowest BCUT2D eigenvalue weighted by Crippen LogP contribution is -2.44. The van der Waals surface area contributed by atoms with Crippen LogP contribution in [0.4, 0.5) is 0 Å². The van der Waals surface area contributed by atoms with E-state index in [1.165, 1.54) is 17.0 Å². The van der Waals surface area contributed by atoms with Crippen LogP contribution < -0.4 is 10.3 Å². The Morgan fingerprint density at radius 1 is 1.13 bits per heavy atom. The Morgan fingerprint density at radius 2 is 1.87 bits per heavy atom. The van der Waals surface area contributed by atoms with E-state index < -0.39 is 0 Å². The predicted molar refractivity (Wildman–Crippen MR) is 108 cm³/mol. The Morgan fingerprint density at radius 3 is 2.50 bits per heavy atom. The van der Waals surface area contributed by atoms with E-state index in [1.54, 1.807) is 35.1 Å². The summed E-state index contributed by atoms with van der Waals surface area (Å²) in [5.41, 5.74) is 2.23. The lowest BCUT2D eigenvalue weighted by Gasteiger charge is -2.31. The fraction of sp³-hybridized carbons (Fsp3) is 0.400. The highest BCUT2D eigenvalue weighted by Crippen LogP contribution is 2.20. The highest BCUT2D eigenvalue weighted by atomic mass is 16.5. The molecule has 0 spiro atoms. The van der Waals surface area contributed by atoms with Crippen molar-refractivity contribution in [2.24, 2.45) is 7.05 Å². The summed E-state index contributed by atoms with van der Waals surface area (Å²) < 4.78 is 8.94. The summed E-state index contributed by atoms with van der Waals surface area (Å²) in [5.74, 6) is -0.0988. The molecule has 0 N–H and O–H groups in total. The van der Waals surface area contributed by atoms with Crippen molar-refractivity contribution in [1.29, 1.82) is 0 Å². The van der Waals surface area contributed by atoms with Crippen LogP contribution in [0.15, 0.2) is 42.0 Å². The van der Waals surface area contributed by atoms with E-state index in [4.69, 9.17) is 4.74 Å². The van der Waals surface area contributed by atoms with Gasteiger partial charge in [0, 0.05) is 74.5 Å². The monoisotopic (exact) mass is 409 g/mol. The van der Waals surface area contributed by atoms with E-state index in [-0.39, 0.29) is 24.1 Å². The molecule has 1 aliphatic rings. The maximum atomic E-state index is 12.5. The van der Waals surface area contributed by atoms with Crippen molar-refractivity contribution in [2.75, 3.05) is 13.1 Å². The molecule has 1 fully saturated rings. The van der Waals surface area contributed by atoms with Gasteiger partial charge in [-0.2, -0.15) is 5.10 Å². The van der Waals surface area contributed by atoms with Crippen molar-refractivity contribution in [3.63, 3.8) is 0 Å². The lowest BCUT2D eigenvalue weighted by molar-refractivity contribution is -0.133. The minimum absolute atomic E-state index is 0.00342. The van der Waals surface area contributed by atoms with Gasteiger partial charge in [0.25, 0.3) is 5.56 Å². The van der Waals surface area contributed by atoms with E-state index in [2.05, 4.69) is 20.1 Å². The van der Waals surface area contributed by atoms with Crippen molar-refractivity contribution in [1.82, 2.24) is 34.2 Å². The molecule has 0 aromatic carbocycles. The third kappa shape index (κ3) is 4.53. The standard InChI is InChI=1S/C20H23N7O3/c1-14-7-18(28)27(13-23-14)12-19(29)26-5-3-17(4-6-26)30-20-21-8-15(9-22-20)16-10-24-25(2)11-16/h7-11,13,17H,3-6,12H2,1-2H3. The normalized spacial score (nSPS) is 14.7. The highest BCUT2D eigenvalue weighted by Gasteiger charge is 2.25. The molecule has 4 heterocycles. The van der Waals surface area contributed by atoms with Gasteiger partial charge in [-0.25, -0.2) is 15.0 Å². The van der Waals surface area contributed by atoms with Gasteiger partial charge in [0.15, 0.2) is 0 Å². The van der Waals surface area contributed by atoms with E-state index in [0.29, 0.717) is 37.6 Å². The van der Waals surface area contributed by atoms with Crippen molar-refractivity contribution < 1.29 is 9.53 Å². The largest absolute Gasteiger partial charge is 0.460 e. The molecule has 0 unspecified atom stereocenters. The molecule has 0 aliphatic carbocycles. The second kappa shape index (κ2) is 8.44. The molecule has 1 amide bonds. The fourth-order valence-corrected chi connectivity index (χ4v) is 3.35. The summed E-state index contributed by atoms with van der Waals surface area (Å²) in [6, 6.07) is 1.75. The van der Waals surface area contributed by atoms with Crippen LogP contribution in [-0.2, 0) is 18.4 Å². The number of ether oxygens (including phenoxy) is 1. The van der Waals surface area contributed by atoms with Gasteiger partial charge in [0.05, 0.1) is 12.5 Å². The topological polar surface area (TPSA) is 108 Å². The number of likely N-dealkylation sites (tertiary alicyclic amines) is 1. The molecule has 3 aromatic heterocycles. The first kappa shape index (κ1) is 19.7. The Labute approximate surface area is 173 Å². The number of rotatable bonds is 5. The summed E-state index contributed by atoms with van der Waals surface area (Å²) in [4.78, 5) is 38.9. The van der Waals surface area contributed by atoms with E-state index in [9.17, 15) is 9.59 Å². The quantitative estimate of drug-likeness (QED) is 0.614. The molecule has 0 radical (unpaired) electrons. The molecular weight excluding hydrogens is 386 g/mol. The average Bonchev–Trinajstić information content (AvgIpc) is 3.17. The first-order chi connectivity index (χ1) is 14.5. The number of piperidine rings is 1. The summed E-state index contributed by atoms with van der Waals surface area (Å²) in [6.45, 7) is 2.86. The predicted octanol–water partition coefficient (Wildman–Crippen LogP) is 0.812. The van der Waals surface area contributed by atoms with Crippen molar-refractivity contribution in [3.8, 4) is 17.1 Å². The molecule has 3 aromatic rings. The zero-order chi connectivity index (χ0) is 21.1. The van der Waals surface area contributed by atoms with Gasteiger partial charge >= 0.3 is 6.01 Å². The van der Waals surface area contributed by atoms with Gasteiger partial charge in [0.2, 0.25) is 5.91 Å². The molecule has 30 heavy (non-hydrogen) atoms. The number of carbonyl (C=O) groups excluding carboxylic acids is 1. The van der Waals surface area contributed by atoms with Crippen LogP contribution in [-0.4, -0.2) is 59.3 Å². The second-order valence-corrected chi connectivity index (χ2v) is 7.35. The number of nitrogens with zero attached hydrogens (tertiary/aromatic N) is 7. The third-order valence-electron chi connectivity index (χ3n) is 5.05. The van der Waals surface area contributed by atoms with E-state index >= 15 is 0 Å². The van der Waals surface area contributed by atoms with Crippen LogP contribution in [0.2, 0.25) is 0 Å². The number of carbonyl (C=O) groups is 1. The minimum atomic E-state index is -0.221. The lowest BCUT2D eigenvalue weighted by atomic mass is 10.1. The summed E-state index contributed by atoms with van der Waals surface area (Å²) in [7, 11) is 1.86. The molecule has 156 valence electrons. The Bertz CT molecular complexity index is 1080. The van der Waals surface area contributed by atoms with Gasteiger partial charge < -0.3 is 9.64 Å². The Balaban J connectivity index is 1.29. The molecule has 1 saturated heterocycles. The zero-order valence-electron chi connectivity index (χ0n) is 16.9. The maximum Gasteiger partial charge on any atom is 0.316 e. The number of aromatic nitrogens is 6. The number of hydrogen-bond acceptors (Lipinski definition) is 7. The Hall–Kier alpha value is -3.56. The smallest absolute Gasteiger partial charge is 0.316 e. The second-order valence-electron chi connectivity index (χ2n) is 7.35. The summed E-state index contributed by atoms with van der Waals surface area (Å²) >= 11 is 0. The van der Waals surface area contributed by atoms with Crippen LogP contribution >= 0.6 is 0 Å². The molecule has 10 nitrogen and oxygen atoms in total. The number of amides is 1. The third-order valence-corrected chi connectivity index (χ3v) is 5.05. The molecule has 0 atom stereocenters. The van der Waals surface area contributed by atoms with Crippen molar-refractivity contribution >= 4 is 5.91 Å². The zero-order valence-corrected chi connectivity index (χ0v) is 16.9. The summed E-state index contributed by atoms with van der Waals surface area (Å²) in [6.07, 6.45) is 9.80. The average molecular weight is 409 g/mol. The number of hydrogen-bond donors (Lipinski definition) is 0. The molecule has 4 rings (SSSR count). The van der Waals surface area contributed by atoms with Crippen molar-refractivity contribution in [3.05, 3.63) is 53.2 Å². The van der Waals surface area contributed by atoms with Gasteiger partial charge in [-0.05, 0) is 6.92 Å². The first-order valence-electron chi connectivity index (χ1n) is 9.76. The number of aryl methyl sites for hydroxylation is 2. The van der Waals surface area contributed by atoms with Gasteiger partial charge in [-0.3, -0.25) is 18.8 Å². The Kier molecular flexibility index (Phi) is 5.55. The van der Waals surface area contributed by atoms with Gasteiger partial charge in [-0.15, -0.1) is 0 Å². The van der Waals surface area contributed by atoms with Crippen molar-refractivity contribution in [2.45, 2.75) is 32.4 Å². The fourth-order valence-electron chi connectivity index (χ4n) is 3.35. The highest BCUT2D eigenvalue weighted by molar-refractivity contribution is 5.76. The first-order valence-corrected chi connectivity index (χ1v) is 9.76. The molecular formula is C20H23N7O3. The minimum Gasteiger partial charge on any atom is -0.460 e. The van der Waals surface area contributed by atoms with Gasteiger partial charge in [0.1, 0.15) is 12.6 Å². The molecule has 10 heteroatoms. The van der Waals surface area contributed by atoms with E-state index in [0.717, 1.165) is 11.1 Å². The molecule has 0 bridgehead atoms.